The Morgan fingerprint density at radius 2 is 1.52 bits per heavy atom. The molecule has 33 heavy (non-hydrogen) atoms. The van der Waals surface area contributed by atoms with Crippen molar-refractivity contribution >= 4 is 56.2 Å². The number of carboxylic acids is 1. The SMILES string of the molecule is CS(=O)(=O)OCCN(CCOS(C)(=O)=O)c1ccc(C=Nc2cccc(C(=O)O)c2)cc1.Cl. The van der Waals surface area contributed by atoms with Gasteiger partial charge in [-0.15, -0.1) is 12.4 Å². The second kappa shape index (κ2) is 12.7. The van der Waals surface area contributed by atoms with Gasteiger partial charge in [0.25, 0.3) is 20.2 Å². The number of nitrogens with zero attached hydrogens (tertiary/aromatic N) is 2. The zero-order chi connectivity index (χ0) is 23.8. The molecule has 10 nitrogen and oxygen atoms in total. The van der Waals surface area contributed by atoms with Crippen LogP contribution in [0.5, 0.6) is 0 Å². The third-order valence-corrected chi connectivity index (χ3v) is 5.22. The summed E-state index contributed by atoms with van der Waals surface area (Å²) in [6.45, 7) is 0.160. The summed E-state index contributed by atoms with van der Waals surface area (Å²) in [4.78, 5) is 17.0. The maximum atomic E-state index is 11.2. The monoisotopic (exact) mass is 520 g/mol. The zero-order valence-electron chi connectivity index (χ0n) is 17.9. The van der Waals surface area contributed by atoms with Crippen molar-refractivity contribution in [1.82, 2.24) is 0 Å². The predicted molar refractivity (Wildman–Crippen MR) is 128 cm³/mol. The number of hydrogen-bond acceptors (Lipinski definition) is 9. The predicted octanol–water partition coefficient (Wildman–Crippen LogP) is 2.32. The minimum Gasteiger partial charge on any atom is -0.478 e. The van der Waals surface area contributed by atoms with Gasteiger partial charge in [-0.1, -0.05) is 18.2 Å². The number of aromatic carboxylic acids is 1. The molecule has 0 aliphatic carbocycles. The lowest BCUT2D eigenvalue weighted by Gasteiger charge is -2.24. The van der Waals surface area contributed by atoms with E-state index in [2.05, 4.69) is 4.99 Å². The highest BCUT2D eigenvalue weighted by Crippen LogP contribution is 2.17. The van der Waals surface area contributed by atoms with E-state index < -0.39 is 26.2 Å². The van der Waals surface area contributed by atoms with Crippen LogP contribution >= 0.6 is 12.4 Å². The molecule has 0 aliphatic heterocycles. The first-order valence-corrected chi connectivity index (χ1v) is 13.0. The maximum Gasteiger partial charge on any atom is 0.335 e. The summed E-state index contributed by atoms with van der Waals surface area (Å²) < 4.78 is 54.3. The van der Waals surface area contributed by atoms with E-state index in [0.29, 0.717) is 11.4 Å². The summed E-state index contributed by atoms with van der Waals surface area (Å²) >= 11 is 0. The van der Waals surface area contributed by atoms with Gasteiger partial charge in [0.15, 0.2) is 0 Å². The van der Waals surface area contributed by atoms with Crippen molar-refractivity contribution in [2.45, 2.75) is 0 Å². The molecule has 0 saturated carbocycles. The fraction of sp³-hybridized carbons (Fsp3) is 0.300. The highest BCUT2D eigenvalue weighted by molar-refractivity contribution is 7.86. The number of anilines is 1. The second-order valence-electron chi connectivity index (χ2n) is 6.74. The minimum atomic E-state index is -3.60. The first kappa shape index (κ1) is 28.5. The highest BCUT2D eigenvalue weighted by atomic mass is 35.5. The molecule has 0 spiro atoms. The van der Waals surface area contributed by atoms with Gasteiger partial charge in [0.2, 0.25) is 0 Å². The second-order valence-corrected chi connectivity index (χ2v) is 10.0. The molecule has 0 heterocycles. The summed E-state index contributed by atoms with van der Waals surface area (Å²) in [5.41, 5.74) is 2.07. The van der Waals surface area contributed by atoms with Crippen LogP contribution in [0.2, 0.25) is 0 Å². The van der Waals surface area contributed by atoms with Crippen LogP contribution < -0.4 is 4.90 Å². The summed E-state index contributed by atoms with van der Waals surface area (Å²) in [5.74, 6) is -1.04. The standard InChI is InChI=1S/C20H24N2O8S2.ClH/c1-31(25,26)29-12-10-22(11-13-30-32(2,27)28)19-8-6-16(7-9-19)15-21-18-5-3-4-17(14-18)20(23)24;/h3-9,14-15H,10-13H2,1-2H3,(H,23,24);1H. The topological polar surface area (TPSA) is 140 Å². The number of benzene rings is 2. The molecule has 0 aromatic heterocycles. The van der Waals surface area contributed by atoms with Crippen molar-refractivity contribution in [2.24, 2.45) is 4.99 Å². The smallest absolute Gasteiger partial charge is 0.335 e. The molecule has 2 aromatic rings. The van der Waals surface area contributed by atoms with Crippen molar-refractivity contribution in [3.05, 3.63) is 59.7 Å². The number of hydrogen-bond donors (Lipinski definition) is 1. The minimum absolute atomic E-state index is 0. The lowest BCUT2D eigenvalue weighted by molar-refractivity contribution is 0.0697. The van der Waals surface area contributed by atoms with Crippen LogP contribution in [-0.4, -0.2) is 72.9 Å². The zero-order valence-corrected chi connectivity index (χ0v) is 20.4. The van der Waals surface area contributed by atoms with Crippen molar-refractivity contribution in [3.8, 4) is 0 Å². The molecule has 13 heteroatoms. The number of carboxylic acid groups (broad SMARTS) is 1. The van der Waals surface area contributed by atoms with Crippen LogP contribution in [-0.2, 0) is 28.6 Å². The Hall–Kier alpha value is -2.51. The molecule has 0 aliphatic rings. The van der Waals surface area contributed by atoms with Crippen molar-refractivity contribution in [2.75, 3.05) is 43.7 Å². The Kier molecular flexibility index (Phi) is 10.9. The Morgan fingerprint density at radius 1 is 0.970 bits per heavy atom. The van der Waals surface area contributed by atoms with E-state index in [-0.39, 0.29) is 44.3 Å². The van der Waals surface area contributed by atoms with Crippen molar-refractivity contribution < 1.29 is 35.1 Å². The third-order valence-electron chi connectivity index (χ3n) is 4.03. The number of aliphatic imine (C=N–C) groups is 1. The van der Waals surface area contributed by atoms with Crippen LogP contribution in [0.4, 0.5) is 11.4 Å². The van der Waals surface area contributed by atoms with Crippen molar-refractivity contribution in [1.29, 1.82) is 0 Å². The lowest BCUT2D eigenvalue weighted by Crippen LogP contribution is -2.32. The Bertz CT molecular complexity index is 1130. The van der Waals surface area contributed by atoms with Gasteiger partial charge >= 0.3 is 5.97 Å². The van der Waals surface area contributed by atoms with Gasteiger partial charge in [-0.25, -0.2) is 4.79 Å². The fourth-order valence-corrected chi connectivity index (χ4v) is 3.36. The van der Waals surface area contributed by atoms with E-state index >= 15 is 0 Å². The fourth-order valence-electron chi connectivity index (χ4n) is 2.61. The molecule has 0 amide bonds. The molecular formula is C20H25ClN2O8S2. The van der Waals surface area contributed by atoms with Gasteiger partial charge < -0.3 is 10.0 Å². The number of carbonyl (C=O) groups is 1. The van der Waals surface area contributed by atoms with Crippen LogP contribution in [0.25, 0.3) is 0 Å². The first-order valence-electron chi connectivity index (χ1n) is 9.34. The van der Waals surface area contributed by atoms with E-state index in [1.54, 1.807) is 47.5 Å². The van der Waals surface area contributed by atoms with Crippen LogP contribution in [0.15, 0.2) is 53.5 Å². The van der Waals surface area contributed by atoms with Gasteiger partial charge in [-0.3, -0.25) is 13.4 Å². The van der Waals surface area contributed by atoms with Gasteiger partial charge in [0.1, 0.15) is 0 Å². The Labute approximate surface area is 199 Å². The first-order chi connectivity index (χ1) is 14.9. The van der Waals surface area contributed by atoms with E-state index in [1.165, 1.54) is 12.1 Å². The Balaban J connectivity index is 0.00000544. The summed E-state index contributed by atoms with van der Waals surface area (Å²) in [6.07, 6.45) is 3.48. The van der Waals surface area contributed by atoms with E-state index in [1.807, 2.05) is 0 Å². The lowest BCUT2D eigenvalue weighted by atomic mass is 10.2. The average Bonchev–Trinajstić information content (AvgIpc) is 2.70. The molecule has 0 radical (unpaired) electrons. The quantitative estimate of drug-likeness (QED) is 0.329. The molecular weight excluding hydrogens is 496 g/mol. The molecule has 2 rings (SSSR count). The summed E-state index contributed by atoms with van der Waals surface area (Å²) in [6, 6.07) is 13.3. The molecule has 2 aromatic carbocycles. The molecule has 0 saturated heterocycles. The summed E-state index contributed by atoms with van der Waals surface area (Å²) in [5, 5.41) is 9.05. The summed E-state index contributed by atoms with van der Waals surface area (Å²) in [7, 11) is -7.21. The van der Waals surface area contributed by atoms with Gasteiger partial charge in [-0.05, 0) is 35.9 Å². The molecule has 0 unspecified atom stereocenters. The van der Waals surface area contributed by atoms with E-state index in [0.717, 1.165) is 18.1 Å². The van der Waals surface area contributed by atoms with E-state index in [9.17, 15) is 21.6 Å². The van der Waals surface area contributed by atoms with Gasteiger partial charge in [-0.2, -0.15) is 16.8 Å². The molecule has 0 bridgehead atoms. The number of halogens is 1. The highest BCUT2D eigenvalue weighted by Gasteiger charge is 2.11. The maximum absolute atomic E-state index is 11.2. The normalized spacial score (nSPS) is 11.8. The van der Waals surface area contributed by atoms with E-state index in [4.69, 9.17) is 13.5 Å². The molecule has 182 valence electrons. The van der Waals surface area contributed by atoms with Gasteiger partial charge in [0.05, 0.1) is 37.0 Å². The molecule has 0 fully saturated rings. The molecule has 0 atom stereocenters. The van der Waals surface area contributed by atoms with Crippen LogP contribution in [0.1, 0.15) is 15.9 Å². The van der Waals surface area contributed by atoms with Crippen LogP contribution in [0.3, 0.4) is 0 Å². The largest absolute Gasteiger partial charge is 0.478 e. The van der Waals surface area contributed by atoms with Gasteiger partial charge in [0, 0.05) is 25.0 Å². The Morgan fingerprint density at radius 3 is 2.00 bits per heavy atom. The molecule has 1 N–H and O–H groups in total. The van der Waals surface area contributed by atoms with Crippen molar-refractivity contribution in [3.63, 3.8) is 0 Å². The average molecular weight is 521 g/mol. The van der Waals surface area contributed by atoms with Crippen LogP contribution in [0, 0.1) is 0 Å². The third kappa shape index (κ3) is 11.3. The number of rotatable bonds is 12.